The predicted octanol–water partition coefficient (Wildman–Crippen LogP) is 3.96. The Balaban J connectivity index is 2.94. The number of rotatable bonds is 9. The van der Waals surface area contributed by atoms with E-state index >= 15 is 0 Å². The molecule has 5 heteroatoms. The number of nitrogens with one attached hydrogen (secondary N) is 1. The Morgan fingerprint density at radius 2 is 1.88 bits per heavy atom. The summed E-state index contributed by atoms with van der Waals surface area (Å²) in [5.41, 5.74) is 6.85. The van der Waals surface area contributed by atoms with Crippen LogP contribution < -0.4 is 15.8 Å². The van der Waals surface area contributed by atoms with Crippen molar-refractivity contribution in [1.29, 1.82) is 0 Å². The van der Waals surface area contributed by atoms with E-state index in [0.717, 1.165) is 37.0 Å². The van der Waals surface area contributed by atoms with Gasteiger partial charge in [0.05, 0.1) is 6.61 Å². The van der Waals surface area contributed by atoms with Gasteiger partial charge < -0.3 is 20.7 Å². The van der Waals surface area contributed by atoms with E-state index in [1.807, 2.05) is 24.3 Å². The third-order valence-corrected chi connectivity index (χ3v) is 4.03. The summed E-state index contributed by atoms with van der Waals surface area (Å²) in [6.07, 6.45) is 1.01. The molecule has 5 nitrogen and oxygen atoms in total. The van der Waals surface area contributed by atoms with Crippen LogP contribution in [0.2, 0.25) is 0 Å². The van der Waals surface area contributed by atoms with Crippen molar-refractivity contribution < 1.29 is 4.74 Å². The molecular weight excluding hydrogens is 312 g/mol. The van der Waals surface area contributed by atoms with Gasteiger partial charge in [-0.1, -0.05) is 20.8 Å². The maximum absolute atomic E-state index is 5.85. The van der Waals surface area contributed by atoms with Crippen molar-refractivity contribution in [2.45, 2.75) is 54.0 Å². The molecule has 0 amide bonds. The molecule has 0 spiro atoms. The first kappa shape index (κ1) is 21.3. The van der Waals surface area contributed by atoms with Crippen molar-refractivity contribution in [3.63, 3.8) is 0 Å². The molecule has 0 saturated heterocycles. The van der Waals surface area contributed by atoms with E-state index in [0.29, 0.717) is 19.1 Å². The van der Waals surface area contributed by atoms with Gasteiger partial charge in [-0.2, -0.15) is 0 Å². The zero-order chi connectivity index (χ0) is 18.9. The summed E-state index contributed by atoms with van der Waals surface area (Å²) in [7, 11) is 0. The van der Waals surface area contributed by atoms with Crippen LogP contribution >= 0.6 is 0 Å². The highest BCUT2D eigenvalue weighted by Gasteiger charge is 2.18. The average Bonchev–Trinajstić information content (AvgIpc) is 2.59. The summed E-state index contributed by atoms with van der Waals surface area (Å²) >= 11 is 0. The SMILES string of the molecule is CCCOc1ccc(NC(=NCC(C)(C)CN)N(CC)C(C)C)cc1. The molecule has 0 saturated carbocycles. The first-order valence-electron chi connectivity index (χ1n) is 9.34. The quantitative estimate of drug-likeness (QED) is 0.524. The number of anilines is 1. The monoisotopic (exact) mass is 348 g/mol. The van der Waals surface area contributed by atoms with Crippen LogP contribution in [0.5, 0.6) is 5.75 Å². The van der Waals surface area contributed by atoms with Crippen LogP contribution in [0.15, 0.2) is 29.3 Å². The van der Waals surface area contributed by atoms with Gasteiger partial charge in [0.1, 0.15) is 5.75 Å². The maximum Gasteiger partial charge on any atom is 0.198 e. The minimum absolute atomic E-state index is 0.0127. The Labute approximate surface area is 153 Å². The van der Waals surface area contributed by atoms with Crippen molar-refractivity contribution in [3.8, 4) is 5.75 Å². The van der Waals surface area contributed by atoms with E-state index in [4.69, 9.17) is 15.5 Å². The molecule has 142 valence electrons. The van der Waals surface area contributed by atoms with Crippen LogP contribution in [0, 0.1) is 5.41 Å². The maximum atomic E-state index is 5.85. The fourth-order valence-electron chi connectivity index (χ4n) is 2.30. The summed E-state index contributed by atoms with van der Waals surface area (Å²) in [5, 5.41) is 3.47. The van der Waals surface area contributed by atoms with Crippen LogP contribution in [0.3, 0.4) is 0 Å². The number of hydrogen-bond donors (Lipinski definition) is 2. The van der Waals surface area contributed by atoms with Gasteiger partial charge in [-0.25, -0.2) is 0 Å². The first-order valence-corrected chi connectivity index (χ1v) is 9.34. The third-order valence-electron chi connectivity index (χ3n) is 4.03. The summed E-state index contributed by atoms with van der Waals surface area (Å²) < 4.78 is 5.65. The minimum Gasteiger partial charge on any atom is -0.494 e. The molecule has 0 bridgehead atoms. The standard InChI is InChI=1S/C20H36N4O/c1-7-13-25-18-11-9-17(10-12-18)23-19(24(8-2)16(3)4)22-15-20(5,6)14-21/h9-12,16H,7-8,13-15,21H2,1-6H3,(H,22,23). The molecule has 0 unspecified atom stereocenters. The van der Waals surface area contributed by atoms with Gasteiger partial charge in [0.2, 0.25) is 0 Å². The predicted molar refractivity (Wildman–Crippen MR) is 109 cm³/mol. The second-order valence-corrected chi connectivity index (χ2v) is 7.39. The summed E-state index contributed by atoms with van der Waals surface area (Å²) in [4.78, 5) is 7.10. The van der Waals surface area contributed by atoms with Gasteiger partial charge in [-0.15, -0.1) is 0 Å². The van der Waals surface area contributed by atoms with Gasteiger partial charge in [-0.3, -0.25) is 4.99 Å². The largest absolute Gasteiger partial charge is 0.494 e. The van der Waals surface area contributed by atoms with Gasteiger partial charge in [0.15, 0.2) is 5.96 Å². The van der Waals surface area contributed by atoms with Crippen LogP contribution in [-0.4, -0.2) is 43.1 Å². The van der Waals surface area contributed by atoms with E-state index in [9.17, 15) is 0 Å². The van der Waals surface area contributed by atoms with Crippen molar-refractivity contribution in [1.82, 2.24) is 4.90 Å². The number of aliphatic imine (C=N–C) groups is 1. The number of ether oxygens (including phenoxy) is 1. The molecule has 0 fully saturated rings. The lowest BCUT2D eigenvalue weighted by Crippen LogP contribution is -2.42. The van der Waals surface area contributed by atoms with Crippen molar-refractivity contribution in [2.24, 2.45) is 16.1 Å². The second kappa shape index (κ2) is 10.3. The topological polar surface area (TPSA) is 62.9 Å². The van der Waals surface area contributed by atoms with Crippen molar-refractivity contribution in [2.75, 3.05) is 31.6 Å². The Bertz CT molecular complexity index is 523. The summed E-state index contributed by atoms with van der Waals surface area (Å²) in [6.45, 7) is 15.8. The molecule has 0 aliphatic rings. The number of benzene rings is 1. The van der Waals surface area contributed by atoms with Crippen LogP contribution in [0.25, 0.3) is 0 Å². The number of nitrogens with two attached hydrogens (primary N) is 1. The lowest BCUT2D eigenvalue weighted by atomic mass is 9.94. The highest BCUT2D eigenvalue weighted by molar-refractivity contribution is 5.93. The highest BCUT2D eigenvalue weighted by Crippen LogP contribution is 2.18. The zero-order valence-electron chi connectivity index (χ0n) is 16.8. The Hall–Kier alpha value is -1.75. The number of nitrogens with zero attached hydrogens (tertiary/aromatic N) is 2. The molecule has 3 N–H and O–H groups in total. The van der Waals surface area contributed by atoms with Crippen molar-refractivity contribution in [3.05, 3.63) is 24.3 Å². The van der Waals surface area contributed by atoms with Gasteiger partial charge in [0, 0.05) is 24.8 Å². The molecule has 1 rings (SSSR count). The Kier molecular flexibility index (Phi) is 8.76. The lowest BCUT2D eigenvalue weighted by Gasteiger charge is -2.30. The molecule has 0 radical (unpaired) electrons. The molecule has 1 aromatic rings. The first-order chi connectivity index (χ1) is 11.8. The normalized spacial score (nSPS) is 12.4. The van der Waals surface area contributed by atoms with E-state index in [1.165, 1.54) is 0 Å². The van der Waals surface area contributed by atoms with E-state index in [1.54, 1.807) is 0 Å². The fourth-order valence-corrected chi connectivity index (χ4v) is 2.30. The van der Waals surface area contributed by atoms with E-state index in [2.05, 4.69) is 51.8 Å². The summed E-state index contributed by atoms with van der Waals surface area (Å²) in [6, 6.07) is 8.41. The molecule has 0 atom stereocenters. The molecule has 1 aromatic carbocycles. The highest BCUT2D eigenvalue weighted by atomic mass is 16.5. The lowest BCUT2D eigenvalue weighted by molar-refractivity contribution is 0.317. The number of guanidine groups is 1. The number of hydrogen-bond acceptors (Lipinski definition) is 3. The van der Waals surface area contributed by atoms with Gasteiger partial charge in [0.25, 0.3) is 0 Å². The fraction of sp³-hybridized carbons (Fsp3) is 0.650. The minimum atomic E-state index is -0.0127. The molecule has 0 aliphatic carbocycles. The molecule has 25 heavy (non-hydrogen) atoms. The summed E-state index contributed by atoms with van der Waals surface area (Å²) in [5.74, 6) is 1.78. The second-order valence-electron chi connectivity index (χ2n) is 7.39. The molecular formula is C20H36N4O. The van der Waals surface area contributed by atoms with Crippen molar-refractivity contribution >= 4 is 11.6 Å². The van der Waals surface area contributed by atoms with Gasteiger partial charge >= 0.3 is 0 Å². The van der Waals surface area contributed by atoms with E-state index < -0.39 is 0 Å². The van der Waals surface area contributed by atoms with E-state index in [-0.39, 0.29) is 5.41 Å². The molecule has 0 aliphatic heterocycles. The third kappa shape index (κ3) is 7.34. The molecule has 0 aromatic heterocycles. The Morgan fingerprint density at radius 1 is 1.24 bits per heavy atom. The zero-order valence-corrected chi connectivity index (χ0v) is 16.8. The average molecular weight is 349 g/mol. The van der Waals surface area contributed by atoms with Crippen LogP contribution in [-0.2, 0) is 0 Å². The smallest absolute Gasteiger partial charge is 0.198 e. The van der Waals surface area contributed by atoms with Gasteiger partial charge in [-0.05, 0) is 63.4 Å². The van der Waals surface area contributed by atoms with Crippen LogP contribution in [0.4, 0.5) is 5.69 Å². The van der Waals surface area contributed by atoms with Crippen LogP contribution in [0.1, 0.15) is 48.0 Å². The Morgan fingerprint density at radius 3 is 2.36 bits per heavy atom. The molecule has 0 heterocycles.